The van der Waals surface area contributed by atoms with E-state index in [1.807, 2.05) is 6.07 Å². The van der Waals surface area contributed by atoms with Crippen LogP contribution in [-0.2, 0) is 6.42 Å². The molecule has 1 aromatic rings. The van der Waals surface area contributed by atoms with Crippen LogP contribution in [0.3, 0.4) is 0 Å². The molecule has 0 spiro atoms. The second kappa shape index (κ2) is 5.51. The maximum absolute atomic E-state index is 5.19. The number of rotatable bonds is 5. The number of hydrogen-bond donors (Lipinski definition) is 2. The van der Waals surface area contributed by atoms with Crippen molar-refractivity contribution in [3.63, 3.8) is 0 Å². The van der Waals surface area contributed by atoms with Gasteiger partial charge in [-0.1, -0.05) is 42.5 Å². The van der Waals surface area contributed by atoms with Gasteiger partial charge in [0.2, 0.25) is 0 Å². The van der Waals surface area contributed by atoms with Crippen molar-refractivity contribution in [2.75, 3.05) is 6.54 Å². The first-order chi connectivity index (χ1) is 6.33. The van der Waals surface area contributed by atoms with E-state index in [-0.39, 0.29) is 0 Å². The molecule has 3 N–H and O–H groups in total. The fourth-order valence-corrected chi connectivity index (χ4v) is 1.20. The molecule has 1 aromatic carbocycles. The minimum atomic E-state index is 0.701. The van der Waals surface area contributed by atoms with Crippen LogP contribution in [0.1, 0.15) is 12.0 Å². The van der Waals surface area contributed by atoms with Crippen molar-refractivity contribution in [1.29, 1.82) is 0 Å². The summed E-state index contributed by atoms with van der Waals surface area (Å²) in [6.45, 7) is 4.62. The monoisotopic (exact) mass is 176 g/mol. The normalized spacial score (nSPS) is 9.92. The summed E-state index contributed by atoms with van der Waals surface area (Å²) < 4.78 is 0. The predicted octanol–water partition coefficient (Wildman–Crippen LogP) is 1.64. The molecule has 1 rings (SSSR count). The fourth-order valence-electron chi connectivity index (χ4n) is 1.20. The van der Waals surface area contributed by atoms with E-state index in [4.69, 9.17) is 5.84 Å². The molecule has 0 saturated carbocycles. The lowest BCUT2D eigenvalue weighted by atomic mass is 10.1. The van der Waals surface area contributed by atoms with Crippen LogP contribution in [0.25, 0.3) is 0 Å². The molecule has 0 aromatic heterocycles. The molecule has 0 saturated heterocycles. The van der Waals surface area contributed by atoms with E-state index in [1.54, 1.807) is 0 Å². The van der Waals surface area contributed by atoms with Crippen LogP contribution in [0, 0.1) is 0 Å². The van der Waals surface area contributed by atoms with E-state index < -0.39 is 0 Å². The van der Waals surface area contributed by atoms with Gasteiger partial charge in [0.25, 0.3) is 0 Å². The molecule has 0 bridgehead atoms. The lowest BCUT2D eigenvalue weighted by Crippen LogP contribution is -2.24. The van der Waals surface area contributed by atoms with E-state index in [2.05, 4.69) is 36.3 Å². The largest absolute Gasteiger partial charge is 0.271 e. The first-order valence-electron chi connectivity index (χ1n) is 4.47. The average molecular weight is 176 g/mol. The summed E-state index contributed by atoms with van der Waals surface area (Å²) in [6, 6.07) is 10.4. The Morgan fingerprint density at radius 3 is 2.62 bits per heavy atom. The van der Waals surface area contributed by atoms with Gasteiger partial charge < -0.3 is 0 Å². The van der Waals surface area contributed by atoms with Gasteiger partial charge in [0.1, 0.15) is 0 Å². The zero-order chi connectivity index (χ0) is 9.52. The summed E-state index contributed by atoms with van der Waals surface area (Å²) in [7, 11) is 0. The summed E-state index contributed by atoms with van der Waals surface area (Å²) in [4.78, 5) is 0. The van der Waals surface area contributed by atoms with E-state index in [0.29, 0.717) is 6.54 Å². The number of benzene rings is 1. The highest BCUT2D eigenvalue weighted by Crippen LogP contribution is 2.06. The van der Waals surface area contributed by atoms with Crippen LogP contribution in [0.2, 0.25) is 0 Å². The summed E-state index contributed by atoms with van der Waals surface area (Å²) >= 11 is 0. The van der Waals surface area contributed by atoms with Crippen molar-refractivity contribution in [3.8, 4) is 0 Å². The van der Waals surface area contributed by atoms with Gasteiger partial charge >= 0.3 is 0 Å². The minimum Gasteiger partial charge on any atom is -0.271 e. The Bertz CT molecular complexity index is 254. The Balaban J connectivity index is 2.31. The summed E-state index contributed by atoms with van der Waals surface area (Å²) in [5.74, 6) is 5.19. The number of nitrogens with two attached hydrogens (primary N) is 1. The number of hydrazine groups is 1. The van der Waals surface area contributed by atoms with Crippen LogP contribution in [0.5, 0.6) is 0 Å². The molecule has 0 aliphatic heterocycles. The van der Waals surface area contributed by atoms with Gasteiger partial charge in [-0.25, -0.2) is 0 Å². The Morgan fingerprint density at radius 2 is 2.00 bits per heavy atom. The summed E-state index contributed by atoms with van der Waals surface area (Å²) in [6.07, 6.45) is 2.04. The quantitative estimate of drug-likeness (QED) is 0.406. The average Bonchev–Trinajstić information content (AvgIpc) is 2.17. The molecule has 0 unspecified atom stereocenters. The highest BCUT2D eigenvalue weighted by molar-refractivity contribution is 5.16. The van der Waals surface area contributed by atoms with Gasteiger partial charge in [-0.05, 0) is 18.4 Å². The molecule has 0 fully saturated rings. The second-order valence-electron chi connectivity index (χ2n) is 3.12. The van der Waals surface area contributed by atoms with Crippen molar-refractivity contribution in [1.82, 2.24) is 5.43 Å². The second-order valence-corrected chi connectivity index (χ2v) is 3.12. The molecule has 0 aliphatic carbocycles. The molecule has 0 aliphatic rings. The lowest BCUT2D eigenvalue weighted by molar-refractivity contribution is 0.760. The van der Waals surface area contributed by atoms with E-state index in [1.165, 1.54) is 5.56 Å². The Hall–Kier alpha value is -1.12. The number of hydrogen-bond acceptors (Lipinski definition) is 2. The van der Waals surface area contributed by atoms with Crippen LogP contribution >= 0.6 is 0 Å². The van der Waals surface area contributed by atoms with Gasteiger partial charge in [0.05, 0.1) is 0 Å². The molecule has 0 heterocycles. The molecular formula is C11H16N2. The molecule has 0 amide bonds. The molecule has 2 nitrogen and oxygen atoms in total. The standard InChI is InChI=1S/C11H16N2/c1-10(9-13-12)7-8-11-5-3-2-4-6-11/h2-6,13H,1,7-9,12H2. The molecule has 0 atom stereocenters. The van der Waals surface area contributed by atoms with E-state index in [9.17, 15) is 0 Å². The molecule has 13 heavy (non-hydrogen) atoms. The molecule has 2 heteroatoms. The van der Waals surface area contributed by atoms with Crippen molar-refractivity contribution in [2.24, 2.45) is 5.84 Å². The Kier molecular flexibility index (Phi) is 4.23. The van der Waals surface area contributed by atoms with Crippen LogP contribution < -0.4 is 11.3 Å². The third-order valence-corrected chi connectivity index (χ3v) is 1.96. The maximum atomic E-state index is 5.19. The smallest absolute Gasteiger partial charge is 0.0305 e. The van der Waals surface area contributed by atoms with Crippen molar-refractivity contribution in [2.45, 2.75) is 12.8 Å². The van der Waals surface area contributed by atoms with Crippen LogP contribution in [-0.4, -0.2) is 6.54 Å². The summed E-state index contributed by atoms with van der Waals surface area (Å²) in [5, 5.41) is 0. The maximum Gasteiger partial charge on any atom is 0.0305 e. The summed E-state index contributed by atoms with van der Waals surface area (Å²) in [5.41, 5.74) is 5.10. The highest BCUT2D eigenvalue weighted by atomic mass is 15.2. The van der Waals surface area contributed by atoms with Crippen LogP contribution in [0.4, 0.5) is 0 Å². The van der Waals surface area contributed by atoms with Crippen molar-refractivity contribution in [3.05, 3.63) is 48.0 Å². The first-order valence-corrected chi connectivity index (χ1v) is 4.47. The number of nitrogens with one attached hydrogen (secondary N) is 1. The Labute approximate surface area is 79.4 Å². The van der Waals surface area contributed by atoms with Gasteiger partial charge in [-0.3, -0.25) is 11.3 Å². The number of aryl methyl sites for hydroxylation is 1. The van der Waals surface area contributed by atoms with E-state index >= 15 is 0 Å². The van der Waals surface area contributed by atoms with Gasteiger partial charge in [0.15, 0.2) is 0 Å². The Morgan fingerprint density at radius 1 is 1.31 bits per heavy atom. The highest BCUT2D eigenvalue weighted by Gasteiger charge is 1.94. The zero-order valence-corrected chi connectivity index (χ0v) is 7.79. The zero-order valence-electron chi connectivity index (χ0n) is 7.79. The minimum absolute atomic E-state index is 0.701. The lowest BCUT2D eigenvalue weighted by Gasteiger charge is -2.04. The van der Waals surface area contributed by atoms with E-state index in [0.717, 1.165) is 18.4 Å². The molecule has 0 radical (unpaired) electrons. The fraction of sp³-hybridized carbons (Fsp3) is 0.273. The molecule has 70 valence electrons. The van der Waals surface area contributed by atoms with Gasteiger partial charge in [-0.2, -0.15) is 0 Å². The third kappa shape index (κ3) is 3.87. The van der Waals surface area contributed by atoms with Crippen molar-refractivity contribution >= 4 is 0 Å². The SMILES string of the molecule is C=C(CCc1ccccc1)CNN. The van der Waals surface area contributed by atoms with Crippen LogP contribution in [0.15, 0.2) is 42.5 Å². The van der Waals surface area contributed by atoms with Gasteiger partial charge in [0, 0.05) is 6.54 Å². The third-order valence-electron chi connectivity index (χ3n) is 1.96. The van der Waals surface area contributed by atoms with Crippen molar-refractivity contribution < 1.29 is 0 Å². The topological polar surface area (TPSA) is 38.0 Å². The predicted molar refractivity (Wildman–Crippen MR) is 56.1 cm³/mol. The van der Waals surface area contributed by atoms with Gasteiger partial charge in [-0.15, -0.1) is 0 Å². The first kappa shape index (κ1) is 9.96. The molecular weight excluding hydrogens is 160 g/mol.